The first-order valence-electron chi connectivity index (χ1n) is 7.98. The van der Waals surface area contributed by atoms with Crippen LogP contribution in [0, 0.1) is 0 Å². The van der Waals surface area contributed by atoms with Gasteiger partial charge in [-0.25, -0.2) is 0 Å². The molecule has 2 aromatic carbocycles. The van der Waals surface area contributed by atoms with Crippen LogP contribution in [0.15, 0.2) is 42.5 Å². The van der Waals surface area contributed by atoms with Crippen molar-refractivity contribution in [2.45, 2.75) is 32.3 Å². The lowest BCUT2D eigenvalue weighted by molar-refractivity contribution is 0.198. The van der Waals surface area contributed by atoms with Crippen molar-refractivity contribution in [3.05, 3.63) is 53.6 Å². The minimum Gasteiger partial charge on any atom is -0.493 e. The number of aryl methyl sites for hydroxylation is 1. The number of nitrogens with one attached hydrogen (secondary N) is 1. The Hall–Kier alpha value is -2.16. The Labute approximate surface area is 132 Å². The van der Waals surface area contributed by atoms with Crippen molar-refractivity contribution in [2.24, 2.45) is 0 Å². The molecule has 0 radical (unpaired) electrons. The maximum atomic E-state index is 6.28. The summed E-state index contributed by atoms with van der Waals surface area (Å²) < 4.78 is 11.7. The summed E-state index contributed by atoms with van der Waals surface area (Å²) in [5, 5.41) is 3.39. The van der Waals surface area contributed by atoms with Gasteiger partial charge in [0.05, 0.1) is 7.11 Å². The van der Waals surface area contributed by atoms with E-state index in [9.17, 15) is 0 Å². The zero-order valence-corrected chi connectivity index (χ0v) is 13.3. The number of benzene rings is 2. The molecule has 1 aliphatic rings. The topological polar surface area (TPSA) is 30.5 Å². The standard InChI is InChI=1S/C19H23NO2/c1-3-12-20-15-9-11-18(21-2)19(13-15)22-17-10-8-14-6-4-5-7-16(14)17/h4-7,9,11,13,17,20H,3,8,10,12H2,1-2H3. The van der Waals surface area contributed by atoms with Gasteiger partial charge in [0.15, 0.2) is 11.5 Å². The summed E-state index contributed by atoms with van der Waals surface area (Å²) in [4.78, 5) is 0. The van der Waals surface area contributed by atoms with Gasteiger partial charge in [0.2, 0.25) is 0 Å². The van der Waals surface area contributed by atoms with Crippen LogP contribution < -0.4 is 14.8 Å². The Morgan fingerprint density at radius 3 is 2.82 bits per heavy atom. The van der Waals surface area contributed by atoms with Crippen molar-refractivity contribution >= 4 is 5.69 Å². The van der Waals surface area contributed by atoms with Crippen LogP contribution in [0.1, 0.15) is 37.0 Å². The predicted molar refractivity (Wildman–Crippen MR) is 89.9 cm³/mol. The molecule has 0 bridgehead atoms. The lowest BCUT2D eigenvalue weighted by Gasteiger charge is -2.18. The van der Waals surface area contributed by atoms with Crippen molar-refractivity contribution in [2.75, 3.05) is 19.0 Å². The minimum absolute atomic E-state index is 0.117. The third-order valence-electron chi connectivity index (χ3n) is 4.09. The Bertz CT molecular complexity index is 639. The highest BCUT2D eigenvalue weighted by Gasteiger charge is 2.24. The summed E-state index contributed by atoms with van der Waals surface area (Å²) in [6.07, 6.45) is 3.32. The zero-order valence-electron chi connectivity index (χ0n) is 13.3. The van der Waals surface area contributed by atoms with Gasteiger partial charge in [0.1, 0.15) is 6.10 Å². The highest BCUT2D eigenvalue weighted by atomic mass is 16.5. The van der Waals surface area contributed by atoms with E-state index in [1.165, 1.54) is 11.1 Å². The summed E-state index contributed by atoms with van der Waals surface area (Å²) in [5.41, 5.74) is 3.77. The number of ether oxygens (including phenoxy) is 2. The van der Waals surface area contributed by atoms with Gasteiger partial charge in [-0.1, -0.05) is 31.2 Å². The normalized spacial score (nSPS) is 16.2. The molecular weight excluding hydrogens is 274 g/mol. The van der Waals surface area contributed by atoms with Gasteiger partial charge >= 0.3 is 0 Å². The van der Waals surface area contributed by atoms with Crippen LogP contribution in [0.25, 0.3) is 0 Å². The van der Waals surface area contributed by atoms with Crippen LogP contribution in [0.2, 0.25) is 0 Å². The monoisotopic (exact) mass is 297 g/mol. The average Bonchev–Trinajstić information content (AvgIpc) is 2.96. The van der Waals surface area contributed by atoms with Gasteiger partial charge in [-0.2, -0.15) is 0 Å². The molecule has 1 unspecified atom stereocenters. The fraction of sp³-hybridized carbons (Fsp3) is 0.368. The van der Waals surface area contributed by atoms with Crippen LogP contribution in [0.3, 0.4) is 0 Å². The zero-order chi connectivity index (χ0) is 15.4. The van der Waals surface area contributed by atoms with E-state index in [0.717, 1.165) is 43.0 Å². The molecule has 22 heavy (non-hydrogen) atoms. The molecule has 0 aromatic heterocycles. The summed E-state index contributed by atoms with van der Waals surface area (Å²) in [6.45, 7) is 3.11. The number of fused-ring (bicyclic) bond motifs is 1. The minimum atomic E-state index is 0.117. The summed E-state index contributed by atoms with van der Waals surface area (Å²) >= 11 is 0. The Morgan fingerprint density at radius 1 is 1.14 bits per heavy atom. The van der Waals surface area contributed by atoms with E-state index in [-0.39, 0.29) is 6.10 Å². The number of methoxy groups -OCH3 is 1. The molecule has 0 aliphatic heterocycles. The third kappa shape index (κ3) is 3.03. The summed E-state index contributed by atoms with van der Waals surface area (Å²) in [7, 11) is 1.68. The molecule has 0 amide bonds. The fourth-order valence-corrected chi connectivity index (χ4v) is 2.94. The molecule has 0 saturated heterocycles. The second kappa shape index (κ2) is 6.73. The molecule has 0 spiro atoms. The average molecular weight is 297 g/mol. The molecule has 1 atom stereocenters. The maximum absolute atomic E-state index is 6.28. The molecule has 0 fully saturated rings. The smallest absolute Gasteiger partial charge is 0.164 e. The van der Waals surface area contributed by atoms with E-state index >= 15 is 0 Å². The van der Waals surface area contributed by atoms with Crippen LogP contribution in [-0.2, 0) is 6.42 Å². The van der Waals surface area contributed by atoms with Crippen molar-refractivity contribution in [3.8, 4) is 11.5 Å². The maximum Gasteiger partial charge on any atom is 0.164 e. The predicted octanol–water partition coefficient (Wildman–Crippen LogP) is 4.58. The summed E-state index contributed by atoms with van der Waals surface area (Å²) in [6, 6.07) is 14.6. The van der Waals surface area contributed by atoms with E-state index in [0.29, 0.717) is 0 Å². The van der Waals surface area contributed by atoms with Crippen LogP contribution in [-0.4, -0.2) is 13.7 Å². The van der Waals surface area contributed by atoms with E-state index < -0.39 is 0 Å². The molecule has 2 aromatic rings. The number of rotatable bonds is 6. The number of anilines is 1. The van der Waals surface area contributed by atoms with Crippen LogP contribution >= 0.6 is 0 Å². The first kappa shape index (κ1) is 14.8. The Morgan fingerprint density at radius 2 is 2.00 bits per heavy atom. The number of hydrogen-bond donors (Lipinski definition) is 1. The van der Waals surface area contributed by atoms with Gasteiger partial charge in [-0.05, 0) is 42.5 Å². The first-order chi connectivity index (χ1) is 10.8. The van der Waals surface area contributed by atoms with Crippen LogP contribution in [0.4, 0.5) is 5.69 Å². The molecule has 1 N–H and O–H groups in total. The second-order valence-corrected chi connectivity index (χ2v) is 5.64. The second-order valence-electron chi connectivity index (χ2n) is 5.64. The Balaban J connectivity index is 1.82. The molecule has 1 aliphatic carbocycles. The van der Waals surface area contributed by atoms with Crippen LogP contribution in [0.5, 0.6) is 11.5 Å². The lowest BCUT2D eigenvalue weighted by Crippen LogP contribution is -2.06. The third-order valence-corrected chi connectivity index (χ3v) is 4.09. The molecule has 0 saturated carbocycles. The van der Waals surface area contributed by atoms with E-state index in [2.05, 4.69) is 36.5 Å². The highest BCUT2D eigenvalue weighted by Crippen LogP contribution is 2.39. The van der Waals surface area contributed by atoms with E-state index in [1.54, 1.807) is 7.11 Å². The summed E-state index contributed by atoms with van der Waals surface area (Å²) in [5.74, 6) is 1.59. The molecule has 3 rings (SSSR count). The van der Waals surface area contributed by atoms with Crippen molar-refractivity contribution in [3.63, 3.8) is 0 Å². The lowest BCUT2D eigenvalue weighted by atomic mass is 10.1. The van der Waals surface area contributed by atoms with Crippen molar-refractivity contribution in [1.82, 2.24) is 0 Å². The first-order valence-corrected chi connectivity index (χ1v) is 7.98. The number of hydrogen-bond acceptors (Lipinski definition) is 3. The Kier molecular flexibility index (Phi) is 4.52. The largest absolute Gasteiger partial charge is 0.493 e. The van der Waals surface area contributed by atoms with Crippen molar-refractivity contribution in [1.29, 1.82) is 0 Å². The molecule has 3 nitrogen and oxygen atoms in total. The molecule has 3 heteroatoms. The SMILES string of the molecule is CCCNc1ccc(OC)c(OC2CCc3ccccc32)c1. The van der Waals surface area contributed by atoms with Gasteiger partial charge in [0, 0.05) is 18.3 Å². The van der Waals surface area contributed by atoms with Gasteiger partial charge in [-0.3, -0.25) is 0 Å². The quantitative estimate of drug-likeness (QED) is 0.846. The van der Waals surface area contributed by atoms with E-state index in [4.69, 9.17) is 9.47 Å². The van der Waals surface area contributed by atoms with E-state index in [1.807, 2.05) is 18.2 Å². The molecule has 116 valence electrons. The van der Waals surface area contributed by atoms with Gasteiger partial charge in [0.25, 0.3) is 0 Å². The molecular formula is C19H23NO2. The van der Waals surface area contributed by atoms with Gasteiger partial charge < -0.3 is 14.8 Å². The highest BCUT2D eigenvalue weighted by molar-refractivity contribution is 5.55. The van der Waals surface area contributed by atoms with Crippen molar-refractivity contribution < 1.29 is 9.47 Å². The fourth-order valence-electron chi connectivity index (χ4n) is 2.94. The van der Waals surface area contributed by atoms with Gasteiger partial charge in [-0.15, -0.1) is 0 Å². The molecule has 0 heterocycles.